The molecule has 1 saturated carbocycles. The number of halogens is 1. The number of carbonyl (C=O) groups is 1. The number of nitrogens with one attached hydrogen (secondary N) is 2. The van der Waals surface area contributed by atoms with E-state index in [0.29, 0.717) is 18.3 Å². The van der Waals surface area contributed by atoms with E-state index in [-0.39, 0.29) is 42.3 Å². The van der Waals surface area contributed by atoms with Gasteiger partial charge < -0.3 is 15.6 Å². The Bertz CT molecular complexity index is 667. The molecule has 4 N–H and O–H groups in total. The van der Waals surface area contributed by atoms with Gasteiger partial charge in [-0.25, -0.2) is 18.1 Å². The Kier molecular flexibility index (Phi) is 9.02. The van der Waals surface area contributed by atoms with Crippen molar-refractivity contribution in [2.45, 2.75) is 56.5 Å². The lowest BCUT2D eigenvalue weighted by Gasteiger charge is -2.30. The van der Waals surface area contributed by atoms with E-state index in [1.165, 1.54) is 25.5 Å². The van der Waals surface area contributed by atoms with Crippen molar-refractivity contribution in [3.63, 3.8) is 0 Å². The van der Waals surface area contributed by atoms with Crippen LogP contribution in [-0.2, 0) is 21.9 Å². The quantitative estimate of drug-likeness (QED) is 0.590. The summed E-state index contributed by atoms with van der Waals surface area (Å²) in [5.41, 5.74) is 5.81. The van der Waals surface area contributed by atoms with Crippen LogP contribution in [-0.4, -0.2) is 43.0 Å². The number of sulfonamides is 1. The maximum absolute atomic E-state index is 12.2. The number of nitrogens with two attached hydrogens (primary N) is 1. The van der Waals surface area contributed by atoms with Gasteiger partial charge in [0.25, 0.3) is 10.0 Å². The Hall–Kier alpha value is -1.16. The van der Waals surface area contributed by atoms with E-state index in [2.05, 4.69) is 15.0 Å². The fourth-order valence-electron chi connectivity index (χ4n) is 3.21. The SMILES string of the molecule is Cc1nc(S(=O)(=O)NCCC(=O)NC(CN)C2CCCCC2)cn1C.Cl. The van der Waals surface area contributed by atoms with Crippen molar-refractivity contribution >= 4 is 28.3 Å². The summed E-state index contributed by atoms with van der Waals surface area (Å²) < 4.78 is 28.4. The second kappa shape index (κ2) is 10.2. The molecule has 2 rings (SSSR count). The summed E-state index contributed by atoms with van der Waals surface area (Å²) in [7, 11) is -1.97. The van der Waals surface area contributed by atoms with Crippen molar-refractivity contribution in [2.24, 2.45) is 18.7 Å². The third-order valence-corrected chi connectivity index (χ3v) is 6.16. The van der Waals surface area contributed by atoms with E-state index in [1.807, 2.05) is 0 Å². The van der Waals surface area contributed by atoms with Gasteiger partial charge in [0, 0.05) is 38.8 Å². The molecule has 0 radical (unpaired) electrons. The molecule has 0 saturated heterocycles. The molecule has 150 valence electrons. The van der Waals surface area contributed by atoms with E-state index in [9.17, 15) is 13.2 Å². The Morgan fingerprint density at radius 2 is 2.04 bits per heavy atom. The molecule has 0 spiro atoms. The zero-order valence-corrected chi connectivity index (χ0v) is 17.0. The van der Waals surface area contributed by atoms with Gasteiger partial charge in [-0.3, -0.25) is 4.79 Å². The van der Waals surface area contributed by atoms with Crippen molar-refractivity contribution in [3.05, 3.63) is 12.0 Å². The van der Waals surface area contributed by atoms with Gasteiger partial charge in [0.1, 0.15) is 5.82 Å². The molecule has 1 aliphatic carbocycles. The fourth-order valence-corrected chi connectivity index (χ4v) is 4.28. The highest BCUT2D eigenvalue weighted by Crippen LogP contribution is 2.26. The third-order valence-electron chi connectivity index (χ3n) is 4.83. The number of aromatic nitrogens is 2. The molecule has 0 bridgehead atoms. The van der Waals surface area contributed by atoms with Crippen molar-refractivity contribution in [1.82, 2.24) is 19.6 Å². The van der Waals surface area contributed by atoms with E-state index in [0.717, 1.165) is 12.8 Å². The van der Waals surface area contributed by atoms with Gasteiger partial charge in [0.05, 0.1) is 0 Å². The highest BCUT2D eigenvalue weighted by molar-refractivity contribution is 7.89. The molecule has 0 aliphatic heterocycles. The molecular formula is C16H30ClN5O3S. The normalized spacial score (nSPS) is 16.7. The first-order valence-electron chi connectivity index (χ1n) is 8.82. The third kappa shape index (κ3) is 6.22. The van der Waals surface area contributed by atoms with E-state index < -0.39 is 10.0 Å². The topological polar surface area (TPSA) is 119 Å². The number of hydrogen-bond acceptors (Lipinski definition) is 5. The zero-order chi connectivity index (χ0) is 18.4. The summed E-state index contributed by atoms with van der Waals surface area (Å²) >= 11 is 0. The molecule has 1 amide bonds. The van der Waals surface area contributed by atoms with E-state index in [1.54, 1.807) is 18.5 Å². The number of amides is 1. The lowest BCUT2D eigenvalue weighted by Crippen LogP contribution is -2.46. The highest BCUT2D eigenvalue weighted by Gasteiger charge is 2.24. The Balaban J connectivity index is 0.00000338. The largest absolute Gasteiger partial charge is 0.352 e. The van der Waals surface area contributed by atoms with Crippen LogP contribution in [0.25, 0.3) is 0 Å². The summed E-state index contributed by atoms with van der Waals surface area (Å²) in [6.45, 7) is 2.17. The minimum atomic E-state index is -3.70. The summed E-state index contributed by atoms with van der Waals surface area (Å²) in [6, 6.07) is -0.0251. The molecular weight excluding hydrogens is 378 g/mol. The smallest absolute Gasteiger partial charge is 0.259 e. The van der Waals surface area contributed by atoms with Crippen LogP contribution in [0, 0.1) is 12.8 Å². The first kappa shape index (κ1) is 22.9. The van der Waals surface area contributed by atoms with Crippen molar-refractivity contribution in [1.29, 1.82) is 0 Å². The summed E-state index contributed by atoms with van der Waals surface area (Å²) in [5, 5.41) is 2.92. The average Bonchev–Trinajstić information content (AvgIpc) is 2.93. The number of imidazole rings is 1. The van der Waals surface area contributed by atoms with Crippen molar-refractivity contribution in [2.75, 3.05) is 13.1 Å². The number of rotatable bonds is 8. The van der Waals surface area contributed by atoms with Crippen molar-refractivity contribution in [3.8, 4) is 0 Å². The molecule has 8 nitrogen and oxygen atoms in total. The Labute approximate surface area is 161 Å². The number of carbonyl (C=O) groups excluding carboxylic acids is 1. The second-order valence-corrected chi connectivity index (χ2v) is 8.41. The van der Waals surface area contributed by atoms with Crippen LogP contribution in [0.2, 0.25) is 0 Å². The summed E-state index contributed by atoms with van der Waals surface area (Å²) in [4.78, 5) is 16.1. The van der Waals surface area contributed by atoms with Crippen LogP contribution >= 0.6 is 12.4 Å². The Morgan fingerprint density at radius 1 is 1.38 bits per heavy atom. The van der Waals surface area contributed by atoms with Gasteiger partial charge in [0.15, 0.2) is 5.03 Å². The Morgan fingerprint density at radius 3 is 2.58 bits per heavy atom. The van der Waals surface area contributed by atoms with Crippen molar-refractivity contribution < 1.29 is 13.2 Å². The molecule has 1 aromatic rings. The lowest BCUT2D eigenvalue weighted by molar-refractivity contribution is -0.122. The van der Waals surface area contributed by atoms with E-state index >= 15 is 0 Å². The molecule has 0 aromatic carbocycles. The molecule has 1 aromatic heterocycles. The predicted molar refractivity (Wildman–Crippen MR) is 103 cm³/mol. The van der Waals surface area contributed by atoms with Crippen LogP contribution in [0.4, 0.5) is 0 Å². The summed E-state index contributed by atoms with van der Waals surface area (Å²) in [5.74, 6) is 0.855. The van der Waals surface area contributed by atoms with Crippen LogP contribution in [0.1, 0.15) is 44.3 Å². The molecule has 26 heavy (non-hydrogen) atoms. The second-order valence-electron chi connectivity index (χ2n) is 6.69. The lowest BCUT2D eigenvalue weighted by atomic mass is 9.84. The minimum absolute atomic E-state index is 0. The first-order chi connectivity index (χ1) is 11.8. The molecule has 1 heterocycles. The number of aryl methyl sites for hydroxylation is 2. The van der Waals surface area contributed by atoms with Crippen LogP contribution in [0.15, 0.2) is 11.2 Å². The maximum Gasteiger partial charge on any atom is 0.259 e. The minimum Gasteiger partial charge on any atom is -0.352 e. The highest BCUT2D eigenvalue weighted by atomic mass is 35.5. The molecule has 10 heteroatoms. The van der Waals surface area contributed by atoms with E-state index in [4.69, 9.17) is 5.73 Å². The van der Waals surface area contributed by atoms with Gasteiger partial charge >= 0.3 is 0 Å². The monoisotopic (exact) mass is 407 g/mol. The number of hydrogen-bond donors (Lipinski definition) is 3. The maximum atomic E-state index is 12.2. The average molecular weight is 408 g/mol. The number of nitrogens with zero attached hydrogens (tertiary/aromatic N) is 2. The molecule has 1 unspecified atom stereocenters. The predicted octanol–water partition coefficient (Wildman–Crippen LogP) is 0.843. The first-order valence-corrected chi connectivity index (χ1v) is 10.3. The van der Waals surface area contributed by atoms with Gasteiger partial charge in [-0.2, -0.15) is 0 Å². The van der Waals surface area contributed by atoms with Crippen LogP contribution < -0.4 is 15.8 Å². The standard InChI is InChI=1S/C16H29N5O3S.ClH/c1-12-19-16(11-21(12)2)25(23,24)18-9-8-15(22)20-14(10-17)13-6-4-3-5-7-13;/h11,13-14,18H,3-10,17H2,1-2H3,(H,20,22);1H. The summed E-state index contributed by atoms with van der Waals surface area (Å²) in [6.07, 6.45) is 7.32. The van der Waals surface area contributed by atoms with Crippen LogP contribution in [0.5, 0.6) is 0 Å². The fraction of sp³-hybridized carbons (Fsp3) is 0.750. The van der Waals surface area contributed by atoms with Gasteiger partial charge in [-0.15, -0.1) is 12.4 Å². The van der Waals surface area contributed by atoms with Gasteiger partial charge in [0.2, 0.25) is 5.91 Å². The van der Waals surface area contributed by atoms with Gasteiger partial charge in [-0.1, -0.05) is 19.3 Å². The molecule has 1 fully saturated rings. The molecule has 1 aliphatic rings. The zero-order valence-electron chi connectivity index (χ0n) is 15.4. The molecule has 1 atom stereocenters. The van der Waals surface area contributed by atoms with Crippen LogP contribution in [0.3, 0.4) is 0 Å². The van der Waals surface area contributed by atoms with Gasteiger partial charge in [-0.05, 0) is 25.7 Å².